The Bertz CT molecular complexity index is 413. The molecule has 92 valence electrons. The zero-order chi connectivity index (χ0) is 12.0. The Morgan fingerprint density at radius 2 is 2.31 bits per heavy atom. The molecule has 1 aromatic heterocycles. The summed E-state index contributed by atoms with van der Waals surface area (Å²) in [6.07, 6.45) is 3.51. The van der Waals surface area contributed by atoms with E-state index in [1.54, 1.807) is 11.8 Å². The lowest BCUT2D eigenvalue weighted by molar-refractivity contribution is 0.196. The first-order valence-electron chi connectivity index (χ1n) is 5.11. The first kappa shape index (κ1) is 13.1. The van der Waals surface area contributed by atoms with Crippen molar-refractivity contribution < 1.29 is 13.2 Å². The van der Waals surface area contributed by atoms with Gasteiger partial charge in [0.1, 0.15) is 4.90 Å². The van der Waals surface area contributed by atoms with Crippen LogP contribution in [-0.4, -0.2) is 38.5 Å². The highest BCUT2D eigenvalue weighted by Gasteiger charge is 2.15. The van der Waals surface area contributed by atoms with Crippen molar-refractivity contribution in [2.24, 2.45) is 0 Å². The third-order valence-electron chi connectivity index (χ3n) is 2.06. The summed E-state index contributed by atoms with van der Waals surface area (Å²) in [6, 6.07) is 0. The second-order valence-corrected chi connectivity index (χ2v) is 5.04. The number of rotatable bonds is 7. The Morgan fingerprint density at radius 3 is 2.88 bits per heavy atom. The number of aromatic nitrogens is 2. The van der Waals surface area contributed by atoms with Crippen LogP contribution in [0.2, 0.25) is 0 Å². The summed E-state index contributed by atoms with van der Waals surface area (Å²) in [7, 11) is -1.84. The van der Waals surface area contributed by atoms with Gasteiger partial charge in [-0.25, -0.2) is 13.1 Å². The SMILES string of the molecule is CCn1cc(S(=O)(=O)NCCCOC)cn1. The van der Waals surface area contributed by atoms with Crippen molar-refractivity contribution in [1.29, 1.82) is 0 Å². The van der Waals surface area contributed by atoms with Crippen LogP contribution in [0.5, 0.6) is 0 Å². The first-order valence-corrected chi connectivity index (χ1v) is 6.59. The van der Waals surface area contributed by atoms with Crippen molar-refractivity contribution in [1.82, 2.24) is 14.5 Å². The predicted molar refractivity (Wildman–Crippen MR) is 59.6 cm³/mol. The molecule has 0 saturated carbocycles. The number of methoxy groups -OCH3 is 1. The molecular weight excluding hydrogens is 230 g/mol. The zero-order valence-electron chi connectivity index (χ0n) is 9.51. The van der Waals surface area contributed by atoms with Crippen molar-refractivity contribution in [3.8, 4) is 0 Å². The Kier molecular flexibility index (Phi) is 4.91. The lowest BCUT2D eigenvalue weighted by Gasteiger charge is -2.03. The van der Waals surface area contributed by atoms with Crippen LogP contribution in [0.4, 0.5) is 0 Å². The topological polar surface area (TPSA) is 73.2 Å². The maximum Gasteiger partial charge on any atom is 0.243 e. The highest BCUT2D eigenvalue weighted by atomic mass is 32.2. The second kappa shape index (κ2) is 5.97. The minimum Gasteiger partial charge on any atom is -0.385 e. The molecule has 0 unspecified atom stereocenters. The van der Waals surface area contributed by atoms with E-state index in [1.807, 2.05) is 6.92 Å². The molecular formula is C9H17N3O3S. The monoisotopic (exact) mass is 247 g/mol. The number of nitrogens with zero attached hydrogens (tertiary/aromatic N) is 2. The summed E-state index contributed by atoms with van der Waals surface area (Å²) in [5.41, 5.74) is 0. The molecule has 1 rings (SSSR count). The fourth-order valence-corrected chi connectivity index (χ4v) is 2.19. The molecule has 0 atom stereocenters. The molecule has 1 aromatic rings. The van der Waals surface area contributed by atoms with Crippen LogP contribution in [0.15, 0.2) is 17.3 Å². The zero-order valence-corrected chi connectivity index (χ0v) is 10.3. The van der Waals surface area contributed by atoms with Crippen molar-refractivity contribution in [2.75, 3.05) is 20.3 Å². The Labute approximate surface area is 95.7 Å². The quantitative estimate of drug-likeness (QED) is 0.699. The average Bonchev–Trinajstić information content (AvgIpc) is 2.73. The van der Waals surface area contributed by atoms with Crippen LogP contribution < -0.4 is 4.72 Å². The van der Waals surface area contributed by atoms with Gasteiger partial charge in [-0.2, -0.15) is 5.10 Å². The molecule has 0 aromatic carbocycles. The molecule has 0 aliphatic carbocycles. The van der Waals surface area contributed by atoms with Gasteiger partial charge in [-0.1, -0.05) is 0 Å². The molecule has 0 fully saturated rings. The van der Waals surface area contributed by atoms with Crippen molar-refractivity contribution >= 4 is 10.0 Å². The number of hydrogen-bond donors (Lipinski definition) is 1. The van der Waals surface area contributed by atoms with E-state index in [0.29, 0.717) is 26.1 Å². The van der Waals surface area contributed by atoms with E-state index in [1.165, 1.54) is 12.4 Å². The van der Waals surface area contributed by atoms with Crippen LogP contribution in [0.3, 0.4) is 0 Å². The fourth-order valence-electron chi connectivity index (χ4n) is 1.16. The lowest BCUT2D eigenvalue weighted by atomic mass is 10.5. The van der Waals surface area contributed by atoms with Gasteiger partial charge in [-0.3, -0.25) is 4.68 Å². The van der Waals surface area contributed by atoms with Gasteiger partial charge in [0.2, 0.25) is 10.0 Å². The summed E-state index contributed by atoms with van der Waals surface area (Å²) in [5.74, 6) is 0. The maximum absolute atomic E-state index is 11.7. The molecule has 0 aliphatic rings. The van der Waals surface area contributed by atoms with E-state index >= 15 is 0 Å². The summed E-state index contributed by atoms with van der Waals surface area (Å²) in [4.78, 5) is 0.201. The Balaban J connectivity index is 2.56. The van der Waals surface area contributed by atoms with Gasteiger partial charge >= 0.3 is 0 Å². The minimum absolute atomic E-state index is 0.201. The van der Waals surface area contributed by atoms with E-state index < -0.39 is 10.0 Å². The van der Waals surface area contributed by atoms with Crippen LogP contribution in [-0.2, 0) is 21.3 Å². The lowest BCUT2D eigenvalue weighted by Crippen LogP contribution is -2.25. The third-order valence-corrected chi connectivity index (χ3v) is 3.48. The largest absolute Gasteiger partial charge is 0.385 e. The highest BCUT2D eigenvalue weighted by Crippen LogP contribution is 2.06. The Hall–Kier alpha value is -0.920. The van der Waals surface area contributed by atoms with Gasteiger partial charge in [0.25, 0.3) is 0 Å². The van der Waals surface area contributed by atoms with Gasteiger partial charge in [-0.15, -0.1) is 0 Å². The van der Waals surface area contributed by atoms with E-state index in [4.69, 9.17) is 4.74 Å². The van der Waals surface area contributed by atoms with Crippen LogP contribution in [0.25, 0.3) is 0 Å². The number of hydrogen-bond acceptors (Lipinski definition) is 4. The van der Waals surface area contributed by atoms with Crippen molar-refractivity contribution in [3.05, 3.63) is 12.4 Å². The smallest absolute Gasteiger partial charge is 0.243 e. The first-order chi connectivity index (χ1) is 7.60. The van der Waals surface area contributed by atoms with E-state index in [0.717, 1.165) is 0 Å². The van der Waals surface area contributed by atoms with Gasteiger partial charge in [-0.05, 0) is 13.3 Å². The third kappa shape index (κ3) is 3.58. The van der Waals surface area contributed by atoms with E-state index in [9.17, 15) is 8.42 Å². The van der Waals surface area contributed by atoms with E-state index in [2.05, 4.69) is 9.82 Å². The van der Waals surface area contributed by atoms with Crippen LogP contribution in [0.1, 0.15) is 13.3 Å². The molecule has 0 saturated heterocycles. The van der Waals surface area contributed by atoms with Gasteiger partial charge < -0.3 is 4.74 Å². The molecule has 16 heavy (non-hydrogen) atoms. The van der Waals surface area contributed by atoms with Gasteiger partial charge in [0.05, 0.1) is 6.20 Å². The van der Waals surface area contributed by atoms with Crippen LogP contribution in [0, 0.1) is 0 Å². The molecule has 0 bridgehead atoms. The van der Waals surface area contributed by atoms with Crippen molar-refractivity contribution in [3.63, 3.8) is 0 Å². The molecule has 0 spiro atoms. The molecule has 6 nitrogen and oxygen atoms in total. The number of ether oxygens (including phenoxy) is 1. The second-order valence-electron chi connectivity index (χ2n) is 3.28. The Morgan fingerprint density at radius 1 is 1.56 bits per heavy atom. The van der Waals surface area contributed by atoms with Crippen molar-refractivity contribution in [2.45, 2.75) is 24.8 Å². The summed E-state index contributed by atoms with van der Waals surface area (Å²) in [6.45, 7) is 3.46. The summed E-state index contributed by atoms with van der Waals surface area (Å²) in [5, 5.41) is 3.92. The normalized spacial score (nSPS) is 11.9. The maximum atomic E-state index is 11.7. The molecule has 0 aliphatic heterocycles. The standard InChI is InChI=1S/C9H17N3O3S/c1-3-12-8-9(7-10-12)16(13,14)11-5-4-6-15-2/h7-8,11H,3-6H2,1-2H3. The number of nitrogens with one attached hydrogen (secondary N) is 1. The molecule has 7 heteroatoms. The fraction of sp³-hybridized carbons (Fsp3) is 0.667. The number of aryl methyl sites for hydroxylation is 1. The molecule has 1 heterocycles. The van der Waals surface area contributed by atoms with Gasteiger partial charge in [0, 0.05) is 33.0 Å². The van der Waals surface area contributed by atoms with E-state index in [-0.39, 0.29) is 4.90 Å². The average molecular weight is 247 g/mol. The minimum atomic E-state index is -3.42. The molecule has 0 radical (unpaired) electrons. The molecule has 1 N–H and O–H groups in total. The predicted octanol–water partition coefficient (Wildman–Crippen LogP) is 0.218. The highest BCUT2D eigenvalue weighted by molar-refractivity contribution is 7.89. The summed E-state index contributed by atoms with van der Waals surface area (Å²) < 4.78 is 32.3. The van der Waals surface area contributed by atoms with Crippen LogP contribution >= 0.6 is 0 Å². The number of sulfonamides is 1. The van der Waals surface area contributed by atoms with Gasteiger partial charge in [0.15, 0.2) is 0 Å². The molecule has 0 amide bonds. The summed E-state index contributed by atoms with van der Waals surface area (Å²) >= 11 is 0.